The van der Waals surface area contributed by atoms with E-state index in [0.29, 0.717) is 18.5 Å². The Morgan fingerprint density at radius 3 is 2.84 bits per heavy atom. The Morgan fingerprint density at radius 2 is 2.16 bits per heavy atom. The van der Waals surface area contributed by atoms with Gasteiger partial charge in [0, 0.05) is 38.0 Å². The fraction of sp³-hybridized carbons (Fsp3) is 0.474. The van der Waals surface area contributed by atoms with Crippen molar-refractivity contribution in [1.82, 2.24) is 15.6 Å². The van der Waals surface area contributed by atoms with E-state index in [-0.39, 0.29) is 0 Å². The van der Waals surface area contributed by atoms with Crippen molar-refractivity contribution in [3.05, 3.63) is 46.5 Å². The molecule has 2 N–H and O–H groups in total. The largest absolute Gasteiger partial charge is 0.357 e. The van der Waals surface area contributed by atoms with Gasteiger partial charge in [0.25, 0.3) is 0 Å². The maximum absolute atomic E-state index is 4.71. The summed E-state index contributed by atoms with van der Waals surface area (Å²) in [5.74, 6) is 1.47. The molecule has 25 heavy (non-hydrogen) atoms. The van der Waals surface area contributed by atoms with Crippen molar-refractivity contribution >= 4 is 22.4 Å². The van der Waals surface area contributed by atoms with Crippen LogP contribution in [0.15, 0.2) is 34.6 Å². The van der Waals surface area contributed by atoms with Gasteiger partial charge < -0.3 is 15.5 Å². The van der Waals surface area contributed by atoms with Crippen LogP contribution in [0.4, 0.5) is 5.13 Å². The van der Waals surface area contributed by atoms with Crippen LogP contribution in [0.25, 0.3) is 0 Å². The lowest BCUT2D eigenvalue weighted by molar-refractivity contribution is 0.791. The second kappa shape index (κ2) is 7.87. The van der Waals surface area contributed by atoms with E-state index in [1.54, 1.807) is 11.3 Å². The van der Waals surface area contributed by atoms with Crippen molar-refractivity contribution in [3.8, 4) is 0 Å². The molecule has 134 valence electrons. The highest BCUT2D eigenvalue weighted by Crippen LogP contribution is 2.42. The van der Waals surface area contributed by atoms with Crippen LogP contribution in [0, 0.1) is 6.92 Å². The molecule has 0 spiro atoms. The lowest BCUT2D eigenvalue weighted by atomic mass is 10.0. The predicted molar refractivity (Wildman–Crippen MR) is 107 cm³/mol. The van der Waals surface area contributed by atoms with Gasteiger partial charge in [0.15, 0.2) is 11.1 Å². The van der Waals surface area contributed by atoms with E-state index >= 15 is 0 Å². The molecule has 1 aliphatic rings. The summed E-state index contributed by atoms with van der Waals surface area (Å²) >= 11 is 1.65. The Hall–Kier alpha value is -2.08. The second-order valence-corrected chi connectivity index (χ2v) is 7.50. The number of nitrogens with one attached hydrogen (secondary N) is 2. The monoisotopic (exact) mass is 357 g/mol. The van der Waals surface area contributed by atoms with Gasteiger partial charge >= 0.3 is 0 Å². The second-order valence-electron chi connectivity index (χ2n) is 6.66. The highest BCUT2D eigenvalue weighted by atomic mass is 32.1. The van der Waals surface area contributed by atoms with Crippen molar-refractivity contribution in [1.29, 1.82) is 0 Å². The minimum absolute atomic E-state index is 0.465. The molecule has 0 aliphatic heterocycles. The van der Waals surface area contributed by atoms with Gasteiger partial charge in [0.1, 0.15) is 0 Å². The summed E-state index contributed by atoms with van der Waals surface area (Å²) in [7, 11) is 4.02. The van der Waals surface area contributed by atoms with Crippen LogP contribution in [0.2, 0.25) is 0 Å². The van der Waals surface area contributed by atoms with Gasteiger partial charge in [-0.15, -0.1) is 11.3 Å². The first-order chi connectivity index (χ1) is 12.1. The molecule has 1 fully saturated rings. The number of aryl methyl sites for hydroxylation is 1. The highest BCUT2D eigenvalue weighted by Gasteiger charge is 2.39. The van der Waals surface area contributed by atoms with Gasteiger partial charge in [-0.05, 0) is 31.4 Å². The van der Waals surface area contributed by atoms with E-state index in [1.807, 2.05) is 19.0 Å². The number of hydrogen-bond donors (Lipinski definition) is 2. The summed E-state index contributed by atoms with van der Waals surface area (Å²) in [6.07, 6.45) is 1.16. The van der Waals surface area contributed by atoms with E-state index in [4.69, 9.17) is 4.99 Å². The molecule has 2 atom stereocenters. The first-order valence-corrected chi connectivity index (χ1v) is 9.68. The number of aromatic nitrogens is 1. The van der Waals surface area contributed by atoms with Crippen LogP contribution >= 0.6 is 11.3 Å². The van der Waals surface area contributed by atoms with E-state index in [2.05, 4.69) is 59.1 Å². The lowest BCUT2D eigenvalue weighted by Gasteiger charge is -2.11. The Bertz CT molecular complexity index is 737. The molecular formula is C19H27N5S. The maximum Gasteiger partial charge on any atom is 0.191 e. The number of nitrogens with zero attached hydrogens (tertiary/aromatic N) is 3. The molecule has 1 aromatic heterocycles. The molecule has 2 aromatic rings. The van der Waals surface area contributed by atoms with Gasteiger partial charge in [0.05, 0.1) is 12.2 Å². The van der Waals surface area contributed by atoms with Crippen LogP contribution in [-0.4, -0.2) is 37.6 Å². The molecule has 6 heteroatoms. The third-order valence-electron chi connectivity index (χ3n) is 4.37. The third kappa shape index (κ3) is 4.51. The van der Waals surface area contributed by atoms with E-state index in [9.17, 15) is 0 Å². The minimum Gasteiger partial charge on any atom is -0.357 e. The predicted octanol–water partition coefficient (Wildman–Crippen LogP) is 3.13. The van der Waals surface area contributed by atoms with Crippen LogP contribution in [0.3, 0.4) is 0 Å². The molecule has 3 rings (SSSR count). The molecule has 0 amide bonds. The van der Waals surface area contributed by atoms with Crippen molar-refractivity contribution in [2.45, 2.75) is 38.8 Å². The van der Waals surface area contributed by atoms with Crippen LogP contribution < -0.4 is 15.5 Å². The normalized spacial score (nSPS) is 19.6. The molecule has 5 nitrogen and oxygen atoms in total. The van der Waals surface area contributed by atoms with Gasteiger partial charge in [-0.2, -0.15) is 0 Å². The molecule has 0 saturated heterocycles. The zero-order chi connectivity index (χ0) is 17.8. The molecule has 0 radical (unpaired) electrons. The van der Waals surface area contributed by atoms with Gasteiger partial charge in [-0.1, -0.05) is 24.3 Å². The van der Waals surface area contributed by atoms with E-state index in [1.165, 1.54) is 11.1 Å². The standard InChI is InChI=1S/C19H27N5S/c1-5-20-18(21-11-14-12-25-19(22-14)24(3)4)23-17-10-16(17)15-9-7-6-8-13(15)2/h6-9,12,16-17H,5,10-11H2,1-4H3,(H2,20,21,23). The number of guanidine groups is 1. The molecule has 0 bridgehead atoms. The molecule has 2 unspecified atom stereocenters. The van der Waals surface area contributed by atoms with Crippen molar-refractivity contribution in [3.63, 3.8) is 0 Å². The molecule has 1 aromatic carbocycles. The Balaban J connectivity index is 1.61. The van der Waals surface area contributed by atoms with E-state index in [0.717, 1.165) is 29.8 Å². The fourth-order valence-electron chi connectivity index (χ4n) is 2.93. The van der Waals surface area contributed by atoms with Crippen molar-refractivity contribution in [2.75, 3.05) is 25.5 Å². The maximum atomic E-state index is 4.71. The highest BCUT2D eigenvalue weighted by molar-refractivity contribution is 7.13. The third-order valence-corrected chi connectivity index (χ3v) is 5.42. The van der Waals surface area contributed by atoms with E-state index < -0.39 is 0 Å². The van der Waals surface area contributed by atoms with Crippen LogP contribution in [-0.2, 0) is 6.54 Å². The average Bonchev–Trinajstić information content (AvgIpc) is 3.17. The molecule has 1 heterocycles. The summed E-state index contributed by atoms with van der Waals surface area (Å²) in [5, 5.41) is 10.0. The summed E-state index contributed by atoms with van der Waals surface area (Å²) in [6.45, 7) is 5.74. The fourth-order valence-corrected chi connectivity index (χ4v) is 3.68. The number of hydrogen-bond acceptors (Lipinski definition) is 4. The number of rotatable bonds is 6. The summed E-state index contributed by atoms with van der Waals surface area (Å²) < 4.78 is 0. The number of thiazole rings is 1. The summed E-state index contributed by atoms with van der Waals surface area (Å²) in [6, 6.07) is 9.12. The van der Waals surface area contributed by atoms with Gasteiger partial charge in [-0.3, -0.25) is 0 Å². The average molecular weight is 358 g/mol. The van der Waals surface area contributed by atoms with Crippen LogP contribution in [0.5, 0.6) is 0 Å². The lowest BCUT2D eigenvalue weighted by Crippen LogP contribution is -2.39. The van der Waals surface area contributed by atoms with Gasteiger partial charge in [0.2, 0.25) is 0 Å². The molecular weight excluding hydrogens is 330 g/mol. The SMILES string of the molecule is CCNC(=NCc1csc(N(C)C)n1)NC1CC1c1ccccc1C. The van der Waals surface area contributed by atoms with Crippen molar-refractivity contribution < 1.29 is 0 Å². The van der Waals surface area contributed by atoms with Gasteiger partial charge in [-0.25, -0.2) is 9.98 Å². The first-order valence-electron chi connectivity index (χ1n) is 8.80. The summed E-state index contributed by atoms with van der Waals surface area (Å²) in [4.78, 5) is 11.3. The minimum atomic E-state index is 0.465. The molecule has 1 saturated carbocycles. The molecule has 1 aliphatic carbocycles. The van der Waals surface area contributed by atoms with Crippen LogP contribution in [0.1, 0.15) is 36.1 Å². The Morgan fingerprint density at radius 1 is 1.36 bits per heavy atom. The van der Waals surface area contributed by atoms with Crippen molar-refractivity contribution in [2.24, 2.45) is 4.99 Å². The number of aliphatic imine (C=N–C) groups is 1. The zero-order valence-electron chi connectivity index (χ0n) is 15.4. The smallest absolute Gasteiger partial charge is 0.191 e. The zero-order valence-corrected chi connectivity index (χ0v) is 16.2. The quantitative estimate of drug-likeness (QED) is 0.616. The summed E-state index contributed by atoms with van der Waals surface area (Å²) in [5.41, 5.74) is 3.83. The Kier molecular flexibility index (Phi) is 5.58. The number of anilines is 1. The Labute approximate surface area is 154 Å². The first kappa shape index (κ1) is 17.7. The number of benzene rings is 1. The topological polar surface area (TPSA) is 52.6 Å².